The minimum absolute atomic E-state index is 0.686. The van der Waals surface area contributed by atoms with E-state index in [9.17, 15) is 0 Å². The maximum atomic E-state index is 6.53. The Labute approximate surface area is 142 Å². The standard InChI is InChI=1S/C18H20Cl2N2/c1-4-22(3)12-21-17-10-13(2)9-15(18(17)20)11-14-7-5-6-8-16(14)19/h5-10,12H,4,11H2,1-3H3/b21-12-. The van der Waals surface area contributed by atoms with Crippen LogP contribution in [0.3, 0.4) is 0 Å². The largest absolute Gasteiger partial charge is 0.366 e. The summed E-state index contributed by atoms with van der Waals surface area (Å²) >= 11 is 12.8. The van der Waals surface area contributed by atoms with E-state index in [-0.39, 0.29) is 0 Å². The molecular weight excluding hydrogens is 315 g/mol. The van der Waals surface area contributed by atoms with Gasteiger partial charge in [-0.05, 0) is 42.7 Å². The molecule has 0 bridgehead atoms. The summed E-state index contributed by atoms with van der Waals surface area (Å²) in [6.45, 7) is 5.03. The van der Waals surface area contributed by atoms with Gasteiger partial charge in [0.25, 0.3) is 0 Å². The number of aliphatic imine (C=N–C) groups is 1. The first-order valence-electron chi connectivity index (χ1n) is 7.28. The van der Waals surface area contributed by atoms with Crippen LogP contribution in [0.2, 0.25) is 10.0 Å². The zero-order valence-electron chi connectivity index (χ0n) is 13.1. The maximum Gasteiger partial charge on any atom is 0.0910 e. The lowest BCUT2D eigenvalue weighted by Gasteiger charge is -2.12. The van der Waals surface area contributed by atoms with E-state index in [0.29, 0.717) is 11.4 Å². The number of benzene rings is 2. The molecule has 116 valence electrons. The quantitative estimate of drug-likeness (QED) is 0.520. The summed E-state index contributed by atoms with van der Waals surface area (Å²) in [4.78, 5) is 6.50. The van der Waals surface area contributed by atoms with Gasteiger partial charge in [-0.25, -0.2) is 4.99 Å². The molecule has 4 heteroatoms. The van der Waals surface area contributed by atoms with E-state index in [1.54, 1.807) is 6.34 Å². The first kappa shape index (κ1) is 16.9. The van der Waals surface area contributed by atoms with Crippen molar-refractivity contribution in [2.24, 2.45) is 4.99 Å². The average molecular weight is 335 g/mol. The van der Waals surface area contributed by atoms with Crippen LogP contribution >= 0.6 is 23.2 Å². The molecule has 0 unspecified atom stereocenters. The number of hydrogen-bond donors (Lipinski definition) is 0. The zero-order chi connectivity index (χ0) is 16.1. The predicted molar refractivity (Wildman–Crippen MR) is 96.9 cm³/mol. The van der Waals surface area contributed by atoms with Crippen LogP contribution in [0.25, 0.3) is 0 Å². The highest BCUT2D eigenvalue weighted by Gasteiger charge is 2.09. The fourth-order valence-electron chi connectivity index (χ4n) is 2.14. The first-order valence-corrected chi connectivity index (χ1v) is 8.03. The van der Waals surface area contributed by atoms with Gasteiger partial charge in [0.2, 0.25) is 0 Å². The smallest absolute Gasteiger partial charge is 0.0910 e. The zero-order valence-corrected chi connectivity index (χ0v) is 14.6. The van der Waals surface area contributed by atoms with Gasteiger partial charge in [0.1, 0.15) is 0 Å². The molecular formula is C18H20Cl2N2. The molecule has 0 saturated carbocycles. The van der Waals surface area contributed by atoms with E-state index < -0.39 is 0 Å². The lowest BCUT2D eigenvalue weighted by molar-refractivity contribution is 0.552. The van der Waals surface area contributed by atoms with Crippen molar-refractivity contribution < 1.29 is 0 Å². The van der Waals surface area contributed by atoms with Crippen LogP contribution in [0.1, 0.15) is 23.6 Å². The summed E-state index contributed by atoms with van der Waals surface area (Å²) in [6, 6.07) is 11.9. The minimum Gasteiger partial charge on any atom is -0.366 e. The third kappa shape index (κ3) is 4.25. The molecule has 0 aliphatic carbocycles. The van der Waals surface area contributed by atoms with E-state index in [1.165, 1.54) is 0 Å². The van der Waals surface area contributed by atoms with Gasteiger partial charge in [0.05, 0.1) is 17.0 Å². The van der Waals surface area contributed by atoms with Gasteiger partial charge in [-0.1, -0.05) is 47.5 Å². The summed E-state index contributed by atoms with van der Waals surface area (Å²) in [7, 11) is 1.98. The van der Waals surface area contributed by atoms with Crippen molar-refractivity contribution in [2.45, 2.75) is 20.3 Å². The summed E-state index contributed by atoms with van der Waals surface area (Å²) in [5, 5.41) is 1.45. The Bertz CT molecular complexity index is 681. The third-order valence-corrected chi connectivity index (χ3v) is 4.31. The molecule has 2 aromatic carbocycles. The second kappa shape index (κ2) is 7.66. The third-order valence-electron chi connectivity index (χ3n) is 3.50. The molecule has 0 aromatic heterocycles. The molecule has 2 rings (SSSR count). The molecule has 0 N–H and O–H groups in total. The average Bonchev–Trinajstić information content (AvgIpc) is 2.50. The van der Waals surface area contributed by atoms with E-state index in [2.05, 4.69) is 24.9 Å². The van der Waals surface area contributed by atoms with Gasteiger partial charge in [0, 0.05) is 25.0 Å². The van der Waals surface area contributed by atoms with Crippen molar-refractivity contribution >= 4 is 35.2 Å². The number of aryl methyl sites for hydroxylation is 1. The highest BCUT2D eigenvalue weighted by molar-refractivity contribution is 6.34. The van der Waals surface area contributed by atoms with Crippen molar-refractivity contribution in [3.63, 3.8) is 0 Å². The SMILES string of the molecule is CCN(C)/C=N\c1cc(C)cc(Cc2ccccc2Cl)c1Cl. The summed E-state index contributed by atoms with van der Waals surface area (Å²) in [5.41, 5.74) is 4.04. The number of nitrogens with zero attached hydrogens (tertiary/aromatic N) is 2. The molecule has 0 atom stereocenters. The Morgan fingerprint density at radius 1 is 1.14 bits per heavy atom. The van der Waals surface area contributed by atoms with Crippen LogP contribution < -0.4 is 0 Å². The topological polar surface area (TPSA) is 15.6 Å². The molecule has 2 aromatic rings. The van der Waals surface area contributed by atoms with E-state index in [0.717, 1.165) is 33.9 Å². The van der Waals surface area contributed by atoms with Gasteiger partial charge in [-0.15, -0.1) is 0 Å². The van der Waals surface area contributed by atoms with E-state index >= 15 is 0 Å². The highest BCUT2D eigenvalue weighted by atomic mass is 35.5. The monoisotopic (exact) mass is 334 g/mol. The van der Waals surface area contributed by atoms with Crippen LogP contribution in [0, 0.1) is 6.92 Å². The molecule has 0 aliphatic rings. The Morgan fingerprint density at radius 2 is 1.86 bits per heavy atom. The van der Waals surface area contributed by atoms with Crippen LogP contribution in [0.4, 0.5) is 5.69 Å². The lowest BCUT2D eigenvalue weighted by Crippen LogP contribution is -2.14. The summed E-state index contributed by atoms with van der Waals surface area (Å²) in [6.07, 6.45) is 2.51. The lowest BCUT2D eigenvalue weighted by atomic mass is 10.0. The van der Waals surface area contributed by atoms with Crippen LogP contribution in [0.15, 0.2) is 41.4 Å². The van der Waals surface area contributed by atoms with Crippen molar-refractivity contribution in [1.82, 2.24) is 4.90 Å². The molecule has 0 aliphatic heterocycles. The van der Waals surface area contributed by atoms with Gasteiger partial charge in [-0.3, -0.25) is 0 Å². The minimum atomic E-state index is 0.686. The first-order chi connectivity index (χ1) is 10.5. The molecule has 0 heterocycles. The second-order valence-corrected chi connectivity index (χ2v) is 6.13. The van der Waals surface area contributed by atoms with Crippen molar-refractivity contribution in [3.05, 3.63) is 63.1 Å². The normalized spacial score (nSPS) is 11.1. The van der Waals surface area contributed by atoms with Gasteiger partial charge < -0.3 is 4.90 Å². The molecule has 0 amide bonds. The van der Waals surface area contributed by atoms with Crippen molar-refractivity contribution in [3.8, 4) is 0 Å². The molecule has 0 fully saturated rings. The molecule has 2 nitrogen and oxygen atoms in total. The number of halogens is 2. The van der Waals surface area contributed by atoms with Crippen LogP contribution in [-0.4, -0.2) is 24.8 Å². The van der Waals surface area contributed by atoms with E-state index in [4.69, 9.17) is 23.2 Å². The maximum absolute atomic E-state index is 6.53. The molecule has 0 saturated heterocycles. The van der Waals surface area contributed by atoms with Gasteiger partial charge >= 0.3 is 0 Å². The Balaban J connectivity index is 2.35. The Hall–Kier alpha value is -1.51. The Morgan fingerprint density at radius 3 is 2.55 bits per heavy atom. The summed E-state index contributed by atoms with van der Waals surface area (Å²) in [5.74, 6) is 0. The number of rotatable bonds is 5. The van der Waals surface area contributed by atoms with Crippen LogP contribution in [-0.2, 0) is 6.42 Å². The fourth-order valence-corrected chi connectivity index (χ4v) is 2.56. The molecule has 0 spiro atoms. The van der Waals surface area contributed by atoms with Crippen LogP contribution in [0.5, 0.6) is 0 Å². The van der Waals surface area contributed by atoms with Gasteiger partial charge in [-0.2, -0.15) is 0 Å². The predicted octanol–water partition coefficient (Wildman–Crippen LogP) is 5.50. The highest BCUT2D eigenvalue weighted by Crippen LogP contribution is 2.32. The van der Waals surface area contributed by atoms with E-state index in [1.807, 2.05) is 42.3 Å². The molecule has 0 radical (unpaired) electrons. The fraction of sp³-hybridized carbons (Fsp3) is 0.278. The number of hydrogen-bond acceptors (Lipinski definition) is 1. The second-order valence-electron chi connectivity index (χ2n) is 5.34. The van der Waals surface area contributed by atoms with Crippen molar-refractivity contribution in [1.29, 1.82) is 0 Å². The van der Waals surface area contributed by atoms with Gasteiger partial charge in [0.15, 0.2) is 0 Å². The molecule has 22 heavy (non-hydrogen) atoms. The Kier molecular flexibility index (Phi) is 5.87. The summed E-state index contributed by atoms with van der Waals surface area (Å²) < 4.78 is 0. The van der Waals surface area contributed by atoms with Crippen molar-refractivity contribution in [2.75, 3.05) is 13.6 Å².